The van der Waals surface area contributed by atoms with Crippen molar-refractivity contribution in [3.05, 3.63) is 30.3 Å². The fraction of sp³-hybridized carbons (Fsp3) is 0.632. The lowest BCUT2D eigenvalue weighted by Gasteiger charge is -2.36. The van der Waals surface area contributed by atoms with Crippen LogP contribution in [-0.4, -0.2) is 56.1 Å². The van der Waals surface area contributed by atoms with Gasteiger partial charge in [-0.3, -0.25) is 9.69 Å². The molecule has 0 saturated carbocycles. The zero-order valence-corrected chi connectivity index (χ0v) is 15.1. The molecule has 0 unspecified atom stereocenters. The number of nitrogens with zero attached hydrogens (tertiary/aromatic N) is 2. The quantitative estimate of drug-likeness (QED) is 0.711. The van der Waals surface area contributed by atoms with E-state index >= 15 is 0 Å². The molecule has 1 aromatic carbocycles. The van der Waals surface area contributed by atoms with Crippen LogP contribution in [0.3, 0.4) is 0 Å². The summed E-state index contributed by atoms with van der Waals surface area (Å²) in [6, 6.07) is 10.2. The number of carbonyl (C=O) groups excluding carboxylic acids is 1. The largest absolute Gasteiger partial charge is 0.369 e. The molecular weight excluding hydrogens is 300 g/mol. The van der Waals surface area contributed by atoms with Gasteiger partial charge in [0, 0.05) is 38.4 Å². The molecule has 1 heterocycles. The number of carbonyl (C=O) groups is 1. The molecule has 1 amide bonds. The van der Waals surface area contributed by atoms with Gasteiger partial charge in [0.05, 0.1) is 6.04 Å². The first-order chi connectivity index (χ1) is 11.6. The van der Waals surface area contributed by atoms with E-state index in [-0.39, 0.29) is 11.9 Å². The van der Waals surface area contributed by atoms with Crippen molar-refractivity contribution in [2.75, 3.05) is 44.2 Å². The summed E-state index contributed by atoms with van der Waals surface area (Å²) in [5, 5.41) is 2.96. The third kappa shape index (κ3) is 6.13. The SMILES string of the molecule is CC(C)C[C@H](N)C(=O)NCCCN1CCN(c2ccccc2)CC1. The lowest BCUT2D eigenvalue weighted by Crippen LogP contribution is -2.47. The topological polar surface area (TPSA) is 61.6 Å². The number of hydrogen-bond acceptors (Lipinski definition) is 4. The van der Waals surface area contributed by atoms with Gasteiger partial charge in [0.25, 0.3) is 0 Å². The minimum atomic E-state index is -0.376. The molecule has 0 spiro atoms. The number of hydrogen-bond donors (Lipinski definition) is 2. The standard InChI is InChI=1S/C19H32N4O/c1-16(2)15-18(20)19(24)21-9-6-10-22-11-13-23(14-12-22)17-7-4-3-5-8-17/h3-5,7-8,16,18H,6,9-15,20H2,1-2H3,(H,21,24)/t18-/m0/s1. The number of para-hydroxylation sites is 1. The van der Waals surface area contributed by atoms with E-state index in [9.17, 15) is 4.79 Å². The lowest BCUT2D eigenvalue weighted by atomic mass is 10.0. The van der Waals surface area contributed by atoms with Gasteiger partial charge in [-0.05, 0) is 37.4 Å². The first-order valence-corrected chi connectivity index (χ1v) is 9.12. The summed E-state index contributed by atoms with van der Waals surface area (Å²) in [5.41, 5.74) is 7.19. The minimum absolute atomic E-state index is 0.0161. The highest BCUT2D eigenvalue weighted by atomic mass is 16.2. The average molecular weight is 332 g/mol. The van der Waals surface area contributed by atoms with Gasteiger partial charge in [0.1, 0.15) is 0 Å². The van der Waals surface area contributed by atoms with Crippen LogP contribution in [0.4, 0.5) is 5.69 Å². The van der Waals surface area contributed by atoms with E-state index in [0.717, 1.165) is 45.6 Å². The number of amides is 1. The number of anilines is 1. The smallest absolute Gasteiger partial charge is 0.236 e. The Morgan fingerprint density at radius 1 is 1.17 bits per heavy atom. The third-order valence-electron chi connectivity index (χ3n) is 4.51. The summed E-state index contributed by atoms with van der Waals surface area (Å²) < 4.78 is 0. The van der Waals surface area contributed by atoms with E-state index in [0.29, 0.717) is 12.5 Å². The number of rotatable bonds is 8. The molecule has 2 rings (SSSR count). The number of piperazine rings is 1. The van der Waals surface area contributed by atoms with E-state index in [1.807, 2.05) is 0 Å². The van der Waals surface area contributed by atoms with Crippen LogP contribution < -0.4 is 16.0 Å². The highest BCUT2D eigenvalue weighted by molar-refractivity contribution is 5.81. The highest BCUT2D eigenvalue weighted by Crippen LogP contribution is 2.15. The molecule has 1 atom stereocenters. The second-order valence-electron chi connectivity index (χ2n) is 7.04. The molecule has 3 N–H and O–H groups in total. The fourth-order valence-corrected chi connectivity index (χ4v) is 3.13. The predicted octanol–water partition coefficient (Wildman–Crippen LogP) is 1.69. The van der Waals surface area contributed by atoms with Crippen molar-refractivity contribution in [2.24, 2.45) is 11.7 Å². The molecule has 1 aromatic rings. The molecule has 5 heteroatoms. The van der Waals surface area contributed by atoms with E-state index in [1.54, 1.807) is 0 Å². The van der Waals surface area contributed by atoms with Crippen molar-refractivity contribution in [3.63, 3.8) is 0 Å². The van der Waals surface area contributed by atoms with Crippen LogP contribution in [0.5, 0.6) is 0 Å². The first kappa shape index (κ1) is 18.7. The van der Waals surface area contributed by atoms with Crippen LogP contribution in [0.15, 0.2) is 30.3 Å². The summed E-state index contributed by atoms with van der Waals surface area (Å²) in [5.74, 6) is 0.434. The Kier molecular flexibility index (Phi) is 7.53. The maximum Gasteiger partial charge on any atom is 0.236 e. The van der Waals surface area contributed by atoms with Crippen LogP contribution in [0.25, 0.3) is 0 Å². The normalized spacial score (nSPS) is 17.1. The van der Waals surface area contributed by atoms with E-state index < -0.39 is 0 Å². The van der Waals surface area contributed by atoms with E-state index in [4.69, 9.17) is 5.73 Å². The van der Waals surface area contributed by atoms with Crippen molar-refractivity contribution in [2.45, 2.75) is 32.7 Å². The Balaban J connectivity index is 1.59. The summed E-state index contributed by atoms with van der Waals surface area (Å²) in [7, 11) is 0. The Labute approximate surface area is 146 Å². The summed E-state index contributed by atoms with van der Waals surface area (Å²) in [6.45, 7) is 10.2. The monoisotopic (exact) mass is 332 g/mol. The van der Waals surface area contributed by atoms with Gasteiger partial charge in [-0.25, -0.2) is 0 Å². The second-order valence-corrected chi connectivity index (χ2v) is 7.04. The molecule has 1 aliphatic rings. The molecule has 5 nitrogen and oxygen atoms in total. The van der Waals surface area contributed by atoms with Gasteiger partial charge in [0.2, 0.25) is 5.91 Å². The second kappa shape index (κ2) is 9.64. The number of nitrogens with two attached hydrogens (primary N) is 1. The van der Waals surface area contributed by atoms with Gasteiger partial charge in [-0.2, -0.15) is 0 Å². The lowest BCUT2D eigenvalue weighted by molar-refractivity contribution is -0.122. The molecule has 0 aromatic heterocycles. The van der Waals surface area contributed by atoms with Crippen LogP contribution in [0, 0.1) is 5.92 Å². The summed E-state index contributed by atoms with van der Waals surface area (Å²) in [6.07, 6.45) is 1.72. The molecule has 1 saturated heterocycles. The first-order valence-electron chi connectivity index (χ1n) is 9.12. The molecule has 1 fully saturated rings. The molecule has 0 aliphatic carbocycles. The highest BCUT2D eigenvalue weighted by Gasteiger charge is 2.17. The van der Waals surface area contributed by atoms with Gasteiger partial charge >= 0.3 is 0 Å². The third-order valence-corrected chi connectivity index (χ3v) is 4.51. The van der Waals surface area contributed by atoms with Crippen LogP contribution in [0.1, 0.15) is 26.7 Å². The van der Waals surface area contributed by atoms with Gasteiger partial charge in [0.15, 0.2) is 0 Å². The van der Waals surface area contributed by atoms with Crippen LogP contribution >= 0.6 is 0 Å². The van der Waals surface area contributed by atoms with Crippen molar-refractivity contribution in [1.82, 2.24) is 10.2 Å². The van der Waals surface area contributed by atoms with Gasteiger partial charge in [-0.15, -0.1) is 0 Å². The van der Waals surface area contributed by atoms with Crippen molar-refractivity contribution >= 4 is 11.6 Å². The van der Waals surface area contributed by atoms with Crippen molar-refractivity contribution in [1.29, 1.82) is 0 Å². The van der Waals surface area contributed by atoms with Gasteiger partial charge < -0.3 is 16.0 Å². The Hall–Kier alpha value is -1.59. The fourth-order valence-electron chi connectivity index (χ4n) is 3.13. The average Bonchev–Trinajstić information content (AvgIpc) is 2.59. The zero-order valence-electron chi connectivity index (χ0n) is 15.1. The minimum Gasteiger partial charge on any atom is -0.369 e. The maximum atomic E-state index is 11.9. The van der Waals surface area contributed by atoms with Gasteiger partial charge in [-0.1, -0.05) is 32.0 Å². The maximum absolute atomic E-state index is 11.9. The predicted molar refractivity (Wildman–Crippen MR) is 100 cm³/mol. The van der Waals surface area contributed by atoms with Crippen LogP contribution in [-0.2, 0) is 4.79 Å². The summed E-state index contributed by atoms with van der Waals surface area (Å²) in [4.78, 5) is 16.8. The molecular formula is C19H32N4O. The molecule has 24 heavy (non-hydrogen) atoms. The Morgan fingerprint density at radius 2 is 1.83 bits per heavy atom. The van der Waals surface area contributed by atoms with E-state index in [1.165, 1.54) is 5.69 Å². The number of nitrogens with one attached hydrogen (secondary N) is 1. The Bertz CT molecular complexity index is 483. The Morgan fingerprint density at radius 3 is 2.46 bits per heavy atom. The molecule has 134 valence electrons. The molecule has 1 aliphatic heterocycles. The molecule has 0 radical (unpaired) electrons. The molecule has 0 bridgehead atoms. The zero-order chi connectivity index (χ0) is 17.4. The van der Waals surface area contributed by atoms with E-state index in [2.05, 4.69) is 59.3 Å². The van der Waals surface area contributed by atoms with Crippen molar-refractivity contribution < 1.29 is 4.79 Å². The van der Waals surface area contributed by atoms with Crippen LogP contribution in [0.2, 0.25) is 0 Å². The summed E-state index contributed by atoms with van der Waals surface area (Å²) >= 11 is 0. The number of benzene rings is 1. The van der Waals surface area contributed by atoms with Crippen molar-refractivity contribution in [3.8, 4) is 0 Å².